The molecule has 0 unspecified atom stereocenters. The number of rotatable bonds is 9. The van der Waals surface area contributed by atoms with Crippen LogP contribution in [0.4, 0.5) is 11.8 Å². The second kappa shape index (κ2) is 9.91. The normalized spacial score (nSPS) is 10.5. The number of esters is 2. The number of amides is 1. The molecule has 0 aliphatic carbocycles. The van der Waals surface area contributed by atoms with Gasteiger partial charge in [-0.3, -0.25) is 24.3 Å². The number of carbonyl (C=O) groups is 4. The van der Waals surface area contributed by atoms with Gasteiger partial charge in [0.1, 0.15) is 17.9 Å². The Morgan fingerprint density at radius 2 is 1.93 bits per heavy atom. The predicted molar refractivity (Wildman–Crippen MR) is 105 cm³/mol. The number of nitrogen functional groups attached to an aromatic ring is 1. The lowest BCUT2D eigenvalue weighted by Gasteiger charge is -2.09. The molecule has 30 heavy (non-hydrogen) atoms. The standard InChI is InChI=1S/C17H21N5O7S/c1-5-28-15(26)13-12(8(2)23)9(3)29-14(13)19-10(24)6-22-16(18)20-21-17(22)30-7-11(25)27-4/h5-7H2,1-4H3,(H2,18,20)(H,19,24). The van der Waals surface area contributed by atoms with Crippen LogP contribution in [0.3, 0.4) is 0 Å². The summed E-state index contributed by atoms with van der Waals surface area (Å²) in [5, 5.41) is 10.2. The fourth-order valence-corrected chi connectivity index (χ4v) is 3.28. The van der Waals surface area contributed by atoms with Gasteiger partial charge in [0.25, 0.3) is 0 Å². The number of anilines is 2. The van der Waals surface area contributed by atoms with E-state index in [4.69, 9.17) is 14.9 Å². The molecule has 0 aliphatic heterocycles. The van der Waals surface area contributed by atoms with Crippen LogP contribution in [-0.2, 0) is 25.6 Å². The molecule has 1 amide bonds. The van der Waals surface area contributed by atoms with E-state index in [-0.39, 0.29) is 52.8 Å². The number of hydrogen-bond acceptors (Lipinski definition) is 11. The molecule has 2 aromatic heterocycles. The van der Waals surface area contributed by atoms with Gasteiger partial charge in [-0.2, -0.15) is 0 Å². The minimum absolute atomic E-state index is 0.0295. The molecular formula is C17H21N5O7S. The van der Waals surface area contributed by atoms with Gasteiger partial charge < -0.3 is 19.6 Å². The van der Waals surface area contributed by atoms with Crippen molar-refractivity contribution in [3.05, 3.63) is 16.9 Å². The first-order chi connectivity index (χ1) is 14.2. The summed E-state index contributed by atoms with van der Waals surface area (Å²) in [6.07, 6.45) is 0. The molecule has 0 fully saturated rings. The molecule has 162 valence electrons. The van der Waals surface area contributed by atoms with Crippen LogP contribution in [0.2, 0.25) is 0 Å². The largest absolute Gasteiger partial charge is 0.468 e. The summed E-state index contributed by atoms with van der Waals surface area (Å²) < 4.78 is 16.2. The smallest absolute Gasteiger partial charge is 0.344 e. The number of nitrogens with zero attached hydrogens (tertiary/aromatic N) is 3. The van der Waals surface area contributed by atoms with E-state index in [0.29, 0.717) is 0 Å². The fourth-order valence-electron chi connectivity index (χ4n) is 2.50. The molecule has 2 aromatic rings. The second-order valence-corrected chi connectivity index (χ2v) is 6.80. The Morgan fingerprint density at radius 3 is 2.53 bits per heavy atom. The number of furan rings is 1. The second-order valence-electron chi connectivity index (χ2n) is 5.85. The van der Waals surface area contributed by atoms with E-state index in [1.54, 1.807) is 6.92 Å². The fraction of sp³-hybridized carbons (Fsp3) is 0.412. The number of aromatic nitrogens is 3. The summed E-state index contributed by atoms with van der Waals surface area (Å²) in [5.74, 6) is -2.48. The highest BCUT2D eigenvalue weighted by Gasteiger charge is 2.29. The summed E-state index contributed by atoms with van der Waals surface area (Å²) in [4.78, 5) is 48.1. The van der Waals surface area contributed by atoms with Gasteiger partial charge in [0, 0.05) is 0 Å². The quantitative estimate of drug-likeness (QED) is 0.325. The maximum Gasteiger partial charge on any atom is 0.344 e. The maximum absolute atomic E-state index is 12.6. The molecule has 0 radical (unpaired) electrons. The van der Waals surface area contributed by atoms with Gasteiger partial charge in [0.15, 0.2) is 10.9 Å². The van der Waals surface area contributed by atoms with Crippen LogP contribution >= 0.6 is 11.8 Å². The van der Waals surface area contributed by atoms with Gasteiger partial charge in [-0.1, -0.05) is 11.8 Å². The maximum atomic E-state index is 12.6. The van der Waals surface area contributed by atoms with Gasteiger partial charge in [-0.15, -0.1) is 10.2 Å². The van der Waals surface area contributed by atoms with Crippen LogP contribution in [0.1, 0.15) is 40.3 Å². The van der Waals surface area contributed by atoms with Crippen molar-refractivity contribution >= 4 is 47.2 Å². The summed E-state index contributed by atoms with van der Waals surface area (Å²) in [5.41, 5.74) is 5.61. The first kappa shape index (κ1) is 22.9. The molecule has 13 heteroatoms. The Bertz CT molecular complexity index is 982. The third-order valence-corrected chi connectivity index (χ3v) is 4.70. The van der Waals surface area contributed by atoms with E-state index < -0.39 is 23.6 Å². The monoisotopic (exact) mass is 439 g/mol. The zero-order valence-corrected chi connectivity index (χ0v) is 17.6. The summed E-state index contributed by atoms with van der Waals surface area (Å²) in [6, 6.07) is 0. The molecule has 2 heterocycles. The highest BCUT2D eigenvalue weighted by atomic mass is 32.2. The number of ether oxygens (including phenoxy) is 2. The van der Waals surface area contributed by atoms with Crippen molar-refractivity contribution in [2.24, 2.45) is 0 Å². The van der Waals surface area contributed by atoms with E-state index in [0.717, 1.165) is 11.8 Å². The summed E-state index contributed by atoms with van der Waals surface area (Å²) in [7, 11) is 1.25. The molecule has 0 saturated heterocycles. The predicted octanol–water partition coefficient (Wildman–Crippen LogP) is 1.04. The van der Waals surface area contributed by atoms with E-state index in [2.05, 4.69) is 20.3 Å². The zero-order chi connectivity index (χ0) is 22.4. The van der Waals surface area contributed by atoms with Crippen molar-refractivity contribution in [3.8, 4) is 0 Å². The first-order valence-corrected chi connectivity index (χ1v) is 9.67. The molecular weight excluding hydrogens is 418 g/mol. The topological polar surface area (TPSA) is 169 Å². The van der Waals surface area contributed by atoms with Crippen LogP contribution in [0.25, 0.3) is 0 Å². The van der Waals surface area contributed by atoms with Crippen molar-refractivity contribution in [3.63, 3.8) is 0 Å². The van der Waals surface area contributed by atoms with Crippen LogP contribution in [0.5, 0.6) is 0 Å². The molecule has 0 spiro atoms. The number of Topliss-reactive ketones (excluding diaryl/α,β-unsaturated/α-hetero) is 1. The van der Waals surface area contributed by atoms with Gasteiger partial charge in [0.05, 0.1) is 25.0 Å². The number of thioether (sulfide) groups is 1. The minimum Gasteiger partial charge on any atom is -0.468 e. The van der Waals surface area contributed by atoms with Gasteiger partial charge in [0.2, 0.25) is 17.7 Å². The van der Waals surface area contributed by atoms with Crippen LogP contribution in [0.15, 0.2) is 9.57 Å². The third-order valence-electron chi connectivity index (χ3n) is 3.76. The van der Waals surface area contributed by atoms with Gasteiger partial charge in [-0.05, 0) is 20.8 Å². The molecule has 3 N–H and O–H groups in total. The van der Waals surface area contributed by atoms with Crippen LogP contribution in [-0.4, -0.2) is 57.9 Å². The molecule has 0 aromatic carbocycles. The Labute approximate surface area is 175 Å². The highest BCUT2D eigenvalue weighted by molar-refractivity contribution is 7.99. The lowest BCUT2D eigenvalue weighted by molar-refractivity contribution is -0.137. The van der Waals surface area contributed by atoms with E-state index in [1.807, 2.05) is 0 Å². The molecule has 0 aliphatic rings. The minimum atomic E-state index is -0.798. The van der Waals surface area contributed by atoms with Crippen molar-refractivity contribution < 1.29 is 33.1 Å². The number of methoxy groups -OCH3 is 1. The van der Waals surface area contributed by atoms with Crippen molar-refractivity contribution in [2.75, 3.05) is 30.5 Å². The Balaban J connectivity index is 2.24. The number of aryl methyl sites for hydroxylation is 1. The highest BCUT2D eigenvalue weighted by Crippen LogP contribution is 2.29. The summed E-state index contributed by atoms with van der Waals surface area (Å²) >= 11 is 0.987. The Kier molecular flexibility index (Phi) is 7.58. The van der Waals surface area contributed by atoms with Crippen LogP contribution in [0, 0.1) is 6.92 Å². The number of carbonyl (C=O) groups excluding carboxylic acids is 4. The number of ketones is 1. The first-order valence-electron chi connectivity index (χ1n) is 8.69. The average Bonchev–Trinajstić information content (AvgIpc) is 3.19. The average molecular weight is 439 g/mol. The summed E-state index contributed by atoms with van der Waals surface area (Å²) in [6.45, 7) is 4.12. The number of nitrogens with two attached hydrogens (primary N) is 1. The van der Waals surface area contributed by atoms with Crippen molar-refractivity contribution in [1.82, 2.24) is 14.8 Å². The van der Waals surface area contributed by atoms with E-state index in [9.17, 15) is 19.2 Å². The molecule has 0 saturated carbocycles. The zero-order valence-electron chi connectivity index (χ0n) is 16.8. The lowest BCUT2D eigenvalue weighted by Crippen LogP contribution is -2.22. The van der Waals surface area contributed by atoms with E-state index in [1.165, 1.54) is 25.5 Å². The number of hydrogen-bond donors (Lipinski definition) is 2. The lowest BCUT2D eigenvalue weighted by atomic mass is 10.1. The van der Waals surface area contributed by atoms with Crippen molar-refractivity contribution in [2.45, 2.75) is 32.5 Å². The van der Waals surface area contributed by atoms with Gasteiger partial charge in [-0.25, -0.2) is 4.79 Å². The SMILES string of the molecule is CCOC(=O)c1c(NC(=O)Cn2c(N)nnc2SCC(=O)OC)oc(C)c1C(C)=O. The number of nitrogens with one attached hydrogen (secondary N) is 1. The Hall–Kier alpha value is -3.35. The molecule has 12 nitrogen and oxygen atoms in total. The molecule has 2 rings (SSSR count). The molecule has 0 atom stereocenters. The van der Waals surface area contributed by atoms with E-state index >= 15 is 0 Å². The van der Waals surface area contributed by atoms with Crippen LogP contribution < -0.4 is 11.1 Å². The molecule has 0 bridgehead atoms. The Morgan fingerprint density at radius 1 is 1.23 bits per heavy atom. The third kappa shape index (κ3) is 5.17. The van der Waals surface area contributed by atoms with Gasteiger partial charge >= 0.3 is 11.9 Å². The van der Waals surface area contributed by atoms with Crippen molar-refractivity contribution in [1.29, 1.82) is 0 Å².